The fraction of sp³-hybridized carbons (Fsp3) is 0.667. The number of ether oxygens (including phenoxy) is 3. The Morgan fingerprint density at radius 2 is 1.70 bits per heavy atom. The van der Waals surface area contributed by atoms with Crippen molar-refractivity contribution >= 4 is 5.69 Å². The number of nitrogens with two attached hydrogens (primary N) is 1. The molecule has 2 N–H and O–H groups in total. The van der Waals surface area contributed by atoms with Crippen molar-refractivity contribution in [2.75, 3.05) is 32.2 Å². The van der Waals surface area contributed by atoms with Gasteiger partial charge in [-0.3, -0.25) is 0 Å². The molecule has 1 heterocycles. The normalized spacial score (nSPS) is 11.1. The first kappa shape index (κ1) is 16.6. The highest BCUT2D eigenvalue weighted by atomic mass is 16.5. The first-order valence-corrected chi connectivity index (χ1v) is 7.09. The molecule has 0 radical (unpaired) electrons. The van der Waals surface area contributed by atoms with Gasteiger partial charge in [-0.1, -0.05) is 27.7 Å². The van der Waals surface area contributed by atoms with E-state index in [-0.39, 0.29) is 0 Å². The van der Waals surface area contributed by atoms with Crippen LogP contribution in [0.4, 0.5) is 5.69 Å². The van der Waals surface area contributed by atoms with Crippen LogP contribution in [0, 0.1) is 11.8 Å². The van der Waals surface area contributed by atoms with E-state index in [4.69, 9.17) is 19.9 Å². The summed E-state index contributed by atoms with van der Waals surface area (Å²) in [7, 11) is 0. The van der Waals surface area contributed by atoms with E-state index in [0.29, 0.717) is 49.1 Å². The number of nitrogen functional groups attached to an aromatic ring is 1. The van der Waals surface area contributed by atoms with Gasteiger partial charge in [0.15, 0.2) is 0 Å². The lowest BCUT2D eigenvalue weighted by atomic mass is 10.2. The van der Waals surface area contributed by atoms with Crippen LogP contribution in [0.15, 0.2) is 12.1 Å². The molecule has 0 fully saturated rings. The monoisotopic (exact) mass is 282 g/mol. The van der Waals surface area contributed by atoms with E-state index in [1.54, 1.807) is 12.1 Å². The van der Waals surface area contributed by atoms with E-state index in [1.807, 2.05) is 0 Å². The summed E-state index contributed by atoms with van der Waals surface area (Å²) in [6.07, 6.45) is 0. The van der Waals surface area contributed by atoms with E-state index < -0.39 is 0 Å². The molecule has 5 heteroatoms. The molecular formula is C15H26N2O3. The Morgan fingerprint density at radius 3 is 2.35 bits per heavy atom. The molecule has 1 rings (SSSR count). The Kier molecular flexibility index (Phi) is 7.15. The number of hydrogen-bond acceptors (Lipinski definition) is 5. The van der Waals surface area contributed by atoms with Gasteiger partial charge in [-0.05, 0) is 17.9 Å². The molecule has 1 aromatic rings. The van der Waals surface area contributed by atoms with Crippen LogP contribution in [-0.4, -0.2) is 31.4 Å². The highest BCUT2D eigenvalue weighted by Gasteiger charge is 2.06. The molecule has 0 aliphatic rings. The maximum Gasteiger partial charge on any atom is 0.240 e. The zero-order chi connectivity index (χ0) is 15.0. The maximum absolute atomic E-state index is 5.82. The average Bonchev–Trinajstić information content (AvgIpc) is 2.38. The first-order valence-electron chi connectivity index (χ1n) is 7.09. The Labute approximate surface area is 121 Å². The van der Waals surface area contributed by atoms with E-state index in [2.05, 4.69) is 32.7 Å². The topological polar surface area (TPSA) is 66.6 Å². The molecule has 0 spiro atoms. The molecule has 114 valence electrons. The Bertz CT molecular complexity index is 395. The minimum atomic E-state index is 0.421. The van der Waals surface area contributed by atoms with Gasteiger partial charge in [-0.25, -0.2) is 0 Å². The van der Waals surface area contributed by atoms with Crippen LogP contribution < -0.4 is 15.2 Å². The standard InChI is InChI=1S/C15H26N2O3/c1-11(2)9-18-7-8-19-14-6-5-13(16)15(17-14)20-10-12(3)4/h5-6,11-12H,7-10,16H2,1-4H3. The van der Waals surface area contributed by atoms with Gasteiger partial charge in [-0.2, -0.15) is 4.98 Å². The Balaban J connectivity index is 2.40. The zero-order valence-corrected chi connectivity index (χ0v) is 12.9. The highest BCUT2D eigenvalue weighted by molar-refractivity contribution is 5.49. The molecule has 0 amide bonds. The van der Waals surface area contributed by atoms with Gasteiger partial charge < -0.3 is 19.9 Å². The predicted molar refractivity (Wildman–Crippen MR) is 80.1 cm³/mol. The maximum atomic E-state index is 5.82. The van der Waals surface area contributed by atoms with Gasteiger partial charge in [0, 0.05) is 12.7 Å². The van der Waals surface area contributed by atoms with Crippen molar-refractivity contribution in [1.29, 1.82) is 0 Å². The van der Waals surface area contributed by atoms with E-state index in [9.17, 15) is 0 Å². The van der Waals surface area contributed by atoms with Gasteiger partial charge in [0.1, 0.15) is 6.61 Å². The van der Waals surface area contributed by atoms with Crippen molar-refractivity contribution < 1.29 is 14.2 Å². The number of nitrogens with zero attached hydrogens (tertiary/aromatic N) is 1. The fourth-order valence-electron chi connectivity index (χ4n) is 1.40. The Hall–Kier alpha value is -1.49. The highest BCUT2D eigenvalue weighted by Crippen LogP contribution is 2.22. The number of hydrogen-bond donors (Lipinski definition) is 1. The van der Waals surface area contributed by atoms with Gasteiger partial charge in [0.25, 0.3) is 0 Å². The van der Waals surface area contributed by atoms with E-state index >= 15 is 0 Å². The van der Waals surface area contributed by atoms with Gasteiger partial charge in [-0.15, -0.1) is 0 Å². The van der Waals surface area contributed by atoms with Crippen molar-refractivity contribution in [2.24, 2.45) is 11.8 Å². The van der Waals surface area contributed by atoms with Crippen molar-refractivity contribution in [3.05, 3.63) is 12.1 Å². The molecule has 0 saturated heterocycles. The second-order valence-electron chi connectivity index (χ2n) is 5.57. The van der Waals surface area contributed by atoms with Crippen molar-refractivity contribution in [1.82, 2.24) is 4.98 Å². The molecule has 5 nitrogen and oxygen atoms in total. The molecule has 0 saturated carbocycles. The lowest BCUT2D eigenvalue weighted by molar-refractivity contribution is 0.0803. The number of rotatable bonds is 9. The summed E-state index contributed by atoms with van der Waals surface area (Å²) in [4.78, 5) is 4.25. The first-order chi connectivity index (χ1) is 9.49. The van der Waals surface area contributed by atoms with Crippen LogP contribution in [0.5, 0.6) is 11.8 Å². The van der Waals surface area contributed by atoms with Gasteiger partial charge in [0.05, 0.1) is 18.9 Å². The smallest absolute Gasteiger partial charge is 0.240 e. The predicted octanol–water partition coefficient (Wildman–Crippen LogP) is 2.75. The number of aromatic nitrogens is 1. The molecule has 20 heavy (non-hydrogen) atoms. The van der Waals surface area contributed by atoms with Crippen LogP contribution >= 0.6 is 0 Å². The van der Waals surface area contributed by atoms with Crippen molar-refractivity contribution in [3.8, 4) is 11.8 Å². The zero-order valence-electron chi connectivity index (χ0n) is 12.9. The molecule has 0 aliphatic carbocycles. The number of pyridine rings is 1. The second-order valence-corrected chi connectivity index (χ2v) is 5.57. The molecule has 0 aliphatic heterocycles. The molecule has 1 aromatic heterocycles. The van der Waals surface area contributed by atoms with Crippen LogP contribution in [0.3, 0.4) is 0 Å². The summed E-state index contributed by atoms with van der Waals surface area (Å²) in [5, 5.41) is 0. The average molecular weight is 282 g/mol. The SMILES string of the molecule is CC(C)COCCOc1ccc(N)c(OCC(C)C)n1. The summed E-state index contributed by atoms with van der Waals surface area (Å²) in [6, 6.07) is 3.48. The van der Waals surface area contributed by atoms with Gasteiger partial charge >= 0.3 is 0 Å². The third-order valence-corrected chi connectivity index (χ3v) is 2.35. The third kappa shape index (κ3) is 6.61. The minimum absolute atomic E-state index is 0.421. The molecular weight excluding hydrogens is 256 g/mol. The largest absolute Gasteiger partial charge is 0.476 e. The summed E-state index contributed by atoms with van der Waals surface area (Å²) >= 11 is 0. The Morgan fingerprint density at radius 1 is 1.00 bits per heavy atom. The summed E-state index contributed by atoms with van der Waals surface area (Å²) < 4.78 is 16.5. The molecule has 0 bridgehead atoms. The fourth-order valence-corrected chi connectivity index (χ4v) is 1.40. The van der Waals surface area contributed by atoms with Crippen LogP contribution in [0.1, 0.15) is 27.7 Å². The second kappa shape index (κ2) is 8.64. The van der Waals surface area contributed by atoms with Crippen LogP contribution in [-0.2, 0) is 4.74 Å². The van der Waals surface area contributed by atoms with Crippen molar-refractivity contribution in [3.63, 3.8) is 0 Å². The summed E-state index contributed by atoms with van der Waals surface area (Å²) in [6.45, 7) is 10.7. The molecule has 0 atom stereocenters. The lowest BCUT2D eigenvalue weighted by Gasteiger charge is -2.12. The molecule has 0 unspecified atom stereocenters. The number of anilines is 1. The van der Waals surface area contributed by atoms with Crippen LogP contribution in [0.2, 0.25) is 0 Å². The van der Waals surface area contributed by atoms with E-state index in [1.165, 1.54) is 0 Å². The third-order valence-electron chi connectivity index (χ3n) is 2.35. The quantitative estimate of drug-likeness (QED) is 0.705. The van der Waals surface area contributed by atoms with E-state index in [0.717, 1.165) is 6.61 Å². The lowest BCUT2D eigenvalue weighted by Crippen LogP contribution is -2.12. The van der Waals surface area contributed by atoms with Crippen molar-refractivity contribution in [2.45, 2.75) is 27.7 Å². The summed E-state index contributed by atoms with van der Waals surface area (Å²) in [5.41, 5.74) is 6.34. The molecule has 0 aromatic carbocycles. The van der Waals surface area contributed by atoms with Crippen LogP contribution in [0.25, 0.3) is 0 Å². The minimum Gasteiger partial charge on any atom is -0.476 e. The van der Waals surface area contributed by atoms with Gasteiger partial charge in [0.2, 0.25) is 11.8 Å². The summed E-state index contributed by atoms with van der Waals surface area (Å²) in [5.74, 6) is 1.89.